The molecule has 0 aliphatic heterocycles. The number of fused-ring (bicyclic) bond motifs is 2. The van der Waals surface area contributed by atoms with Gasteiger partial charge in [-0.2, -0.15) is 5.10 Å². The number of aromatic nitrogens is 3. The minimum Gasteiger partial charge on any atom is -0.494 e. The van der Waals surface area contributed by atoms with Gasteiger partial charge in [-0.25, -0.2) is 0 Å². The zero-order valence-electron chi connectivity index (χ0n) is 12.5. The molecule has 2 saturated carbocycles. The summed E-state index contributed by atoms with van der Waals surface area (Å²) in [5.74, 6) is 2.81. The van der Waals surface area contributed by atoms with Gasteiger partial charge in [0.05, 0.1) is 17.4 Å². The van der Waals surface area contributed by atoms with Crippen LogP contribution in [-0.2, 0) is 0 Å². The summed E-state index contributed by atoms with van der Waals surface area (Å²) >= 11 is 0. The van der Waals surface area contributed by atoms with Crippen LogP contribution < -0.4 is 0 Å². The van der Waals surface area contributed by atoms with Crippen LogP contribution in [0.25, 0.3) is 16.6 Å². The SMILES string of the molecule is Oc1c2c(c(O)n1-c1ccc3[nH]ncc3c1)[C@@H]1CC[C@H]2[C@H]2C[C@H]21. The molecule has 0 amide bonds. The number of aromatic hydroxyl groups is 2. The van der Waals surface area contributed by atoms with Gasteiger partial charge in [-0.15, -0.1) is 0 Å². The van der Waals surface area contributed by atoms with E-state index >= 15 is 0 Å². The van der Waals surface area contributed by atoms with Crippen molar-refractivity contribution in [2.24, 2.45) is 11.8 Å². The average Bonchev–Trinajstić information content (AvgIpc) is 3.20. The fourth-order valence-electron chi connectivity index (χ4n) is 5.29. The summed E-state index contributed by atoms with van der Waals surface area (Å²) in [7, 11) is 0. The molecule has 3 aromatic rings. The Balaban J connectivity index is 1.61. The number of hydrogen-bond donors (Lipinski definition) is 3. The summed E-state index contributed by atoms with van der Waals surface area (Å²) in [6.45, 7) is 0. The maximum atomic E-state index is 10.9. The van der Waals surface area contributed by atoms with Gasteiger partial charge in [0.15, 0.2) is 0 Å². The van der Waals surface area contributed by atoms with Crippen molar-refractivity contribution < 1.29 is 10.2 Å². The largest absolute Gasteiger partial charge is 0.494 e. The van der Waals surface area contributed by atoms with Gasteiger partial charge in [-0.05, 0) is 61.1 Å². The van der Waals surface area contributed by atoms with Crippen LogP contribution in [-0.4, -0.2) is 25.0 Å². The first-order valence-electron chi connectivity index (χ1n) is 8.34. The fourth-order valence-corrected chi connectivity index (χ4v) is 5.29. The zero-order valence-corrected chi connectivity index (χ0v) is 12.5. The third-order valence-corrected chi connectivity index (χ3v) is 6.33. The second-order valence-corrected chi connectivity index (χ2v) is 7.31. The van der Waals surface area contributed by atoms with E-state index in [1.54, 1.807) is 10.8 Å². The first-order valence-corrected chi connectivity index (χ1v) is 8.34. The smallest absolute Gasteiger partial charge is 0.202 e. The highest BCUT2D eigenvalue weighted by Crippen LogP contribution is 2.70. The first-order chi connectivity index (χ1) is 11.2. The predicted molar refractivity (Wildman–Crippen MR) is 85.1 cm³/mol. The molecule has 4 atom stereocenters. The Labute approximate surface area is 132 Å². The van der Waals surface area contributed by atoms with Crippen molar-refractivity contribution in [2.45, 2.75) is 31.1 Å². The van der Waals surface area contributed by atoms with Gasteiger partial charge in [0.2, 0.25) is 11.8 Å². The van der Waals surface area contributed by atoms with Crippen molar-refractivity contribution in [3.05, 3.63) is 35.5 Å². The molecule has 5 heteroatoms. The lowest BCUT2D eigenvalue weighted by Crippen LogP contribution is -2.22. The van der Waals surface area contributed by atoms with Gasteiger partial charge in [-0.1, -0.05) is 0 Å². The van der Waals surface area contributed by atoms with Gasteiger partial charge in [0.1, 0.15) is 0 Å². The monoisotopic (exact) mass is 307 g/mol. The fraction of sp³-hybridized carbons (Fsp3) is 0.389. The van der Waals surface area contributed by atoms with E-state index in [1.165, 1.54) is 6.42 Å². The molecule has 0 unspecified atom stereocenters. The minimum absolute atomic E-state index is 0.236. The van der Waals surface area contributed by atoms with Crippen LogP contribution in [0.15, 0.2) is 24.4 Å². The van der Waals surface area contributed by atoms with Crippen molar-refractivity contribution in [3.63, 3.8) is 0 Å². The lowest BCUT2D eigenvalue weighted by Gasteiger charge is -2.35. The number of hydrogen-bond acceptors (Lipinski definition) is 3. The van der Waals surface area contributed by atoms with Crippen molar-refractivity contribution in [2.75, 3.05) is 0 Å². The van der Waals surface area contributed by atoms with E-state index in [0.29, 0.717) is 11.8 Å². The van der Waals surface area contributed by atoms with Crippen LogP contribution in [0.2, 0.25) is 0 Å². The van der Waals surface area contributed by atoms with E-state index in [0.717, 1.165) is 52.4 Å². The number of rotatable bonds is 1. The van der Waals surface area contributed by atoms with Crippen LogP contribution in [0, 0.1) is 11.8 Å². The molecule has 2 aromatic heterocycles. The van der Waals surface area contributed by atoms with E-state index in [2.05, 4.69) is 10.2 Å². The van der Waals surface area contributed by atoms with Gasteiger partial charge < -0.3 is 10.2 Å². The highest BCUT2D eigenvalue weighted by atomic mass is 16.3. The van der Waals surface area contributed by atoms with Crippen LogP contribution in [0.5, 0.6) is 11.8 Å². The van der Waals surface area contributed by atoms with Gasteiger partial charge >= 0.3 is 0 Å². The molecule has 0 radical (unpaired) electrons. The molecule has 0 spiro atoms. The Bertz CT molecular complexity index is 931. The first kappa shape index (κ1) is 12.0. The minimum atomic E-state index is 0.236. The molecule has 1 aromatic carbocycles. The molecular formula is C18H17N3O2. The Hall–Kier alpha value is -2.43. The highest BCUT2D eigenvalue weighted by Gasteiger charge is 2.58. The van der Waals surface area contributed by atoms with Crippen molar-refractivity contribution >= 4 is 10.9 Å². The Morgan fingerprint density at radius 2 is 1.74 bits per heavy atom. The van der Waals surface area contributed by atoms with Gasteiger partial charge in [-0.3, -0.25) is 9.67 Å². The number of benzene rings is 1. The molecule has 2 heterocycles. The third kappa shape index (κ3) is 1.32. The molecule has 7 rings (SSSR count). The van der Waals surface area contributed by atoms with E-state index in [1.807, 2.05) is 18.2 Å². The van der Waals surface area contributed by atoms with Gasteiger partial charge in [0, 0.05) is 16.5 Å². The molecule has 3 N–H and O–H groups in total. The molecule has 2 bridgehead atoms. The van der Waals surface area contributed by atoms with Crippen LogP contribution in [0.3, 0.4) is 0 Å². The second-order valence-electron chi connectivity index (χ2n) is 7.31. The van der Waals surface area contributed by atoms with E-state index in [9.17, 15) is 10.2 Å². The lowest BCUT2D eigenvalue weighted by atomic mass is 9.68. The van der Waals surface area contributed by atoms with Crippen LogP contribution in [0.1, 0.15) is 42.2 Å². The summed E-state index contributed by atoms with van der Waals surface area (Å²) in [6.07, 6.45) is 5.33. The molecule has 4 aliphatic rings. The Morgan fingerprint density at radius 3 is 2.43 bits per heavy atom. The summed E-state index contributed by atoms with van der Waals surface area (Å²) in [4.78, 5) is 0. The molecule has 116 valence electrons. The highest BCUT2D eigenvalue weighted by molar-refractivity contribution is 5.80. The van der Waals surface area contributed by atoms with Crippen LogP contribution >= 0.6 is 0 Å². The van der Waals surface area contributed by atoms with Crippen LogP contribution in [0.4, 0.5) is 0 Å². The van der Waals surface area contributed by atoms with Crippen molar-refractivity contribution in [1.82, 2.24) is 14.8 Å². The summed E-state index contributed by atoms with van der Waals surface area (Å²) in [5.41, 5.74) is 3.77. The number of nitrogens with zero attached hydrogens (tertiary/aromatic N) is 2. The maximum Gasteiger partial charge on any atom is 0.202 e. The number of H-pyrrole nitrogens is 1. The zero-order chi connectivity index (χ0) is 15.3. The van der Waals surface area contributed by atoms with Gasteiger partial charge in [0.25, 0.3) is 0 Å². The average molecular weight is 307 g/mol. The molecule has 23 heavy (non-hydrogen) atoms. The second kappa shape index (κ2) is 3.72. The van der Waals surface area contributed by atoms with E-state index < -0.39 is 0 Å². The number of aromatic amines is 1. The Kier molecular flexibility index (Phi) is 1.95. The normalized spacial score (nSPS) is 30.4. The lowest BCUT2D eigenvalue weighted by molar-refractivity contribution is 0.322. The van der Waals surface area contributed by atoms with E-state index in [4.69, 9.17) is 0 Å². The summed E-state index contributed by atoms with van der Waals surface area (Å²) in [5, 5.41) is 29.7. The molecule has 2 fully saturated rings. The maximum absolute atomic E-state index is 10.9. The third-order valence-electron chi connectivity index (χ3n) is 6.33. The molecule has 0 saturated heterocycles. The Morgan fingerprint density at radius 1 is 1.04 bits per heavy atom. The standard InChI is InChI=1S/C18H17N3O2/c22-17-15-10-2-3-11(13-6-12(10)13)16(15)18(23)21(17)9-1-4-14-8(5-9)7-19-20-14/h1,4-5,7,10-13,22-23H,2-3,6H2,(H,19,20)/t10-,11+,12+,13-. The molecule has 4 aliphatic carbocycles. The summed E-state index contributed by atoms with van der Waals surface area (Å²) in [6, 6.07) is 5.79. The molecule has 5 nitrogen and oxygen atoms in total. The topological polar surface area (TPSA) is 74.1 Å². The molecular weight excluding hydrogens is 290 g/mol. The number of nitrogens with one attached hydrogen (secondary N) is 1. The van der Waals surface area contributed by atoms with E-state index in [-0.39, 0.29) is 11.8 Å². The summed E-state index contributed by atoms with van der Waals surface area (Å²) < 4.78 is 1.62. The quantitative estimate of drug-likeness (QED) is 0.645. The predicted octanol–water partition coefficient (Wildman–Crippen LogP) is 3.38. The van der Waals surface area contributed by atoms with Crippen molar-refractivity contribution in [3.8, 4) is 17.4 Å². The van der Waals surface area contributed by atoms with Crippen molar-refractivity contribution in [1.29, 1.82) is 0 Å².